The maximum absolute atomic E-state index is 12.3. The Kier molecular flexibility index (Phi) is 6.14. The number of aromatic nitrogens is 2. The predicted octanol–water partition coefficient (Wildman–Crippen LogP) is 1.67. The van der Waals surface area contributed by atoms with Crippen LogP contribution in [-0.4, -0.2) is 65.6 Å². The molecule has 1 aromatic heterocycles. The summed E-state index contributed by atoms with van der Waals surface area (Å²) in [5.41, 5.74) is 0.688. The van der Waals surface area contributed by atoms with E-state index in [4.69, 9.17) is 14.2 Å². The predicted molar refractivity (Wildman–Crippen MR) is 104 cm³/mol. The maximum Gasteiger partial charge on any atom is 0.286 e. The molecule has 2 aliphatic heterocycles. The average molecular weight is 418 g/mol. The van der Waals surface area contributed by atoms with Crippen LogP contribution in [0.3, 0.4) is 0 Å². The van der Waals surface area contributed by atoms with Gasteiger partial charge in [0.25, 0.3) is 5.91 Å². The SMILES string of the molecule is O=C(Nc1ccccc1)c1nnc(COCC(=O)N2CCC3(CC2)OCCO3)s1. The van der Waals surface area contributed by atoms with Crippen LogP contribution in [-0.2, 0) is 25.6 Å². The van der Waals surface area contributed by atoms with E-state index < -0.39 is 5.79 Å². The fraction of sp³-hybridized carbons (Fsp3) is 0.474. The Bertz CT molecular complexity index is 843. The number of nitrogens with zero attached hydrogens (tertiary/aromatic N) is 3. The number of benzene rings is 1. The van der Waals surface area contributed by atoms with E-state index in [-0.39, 0.29) is 30.0 Å². The molecule has 0 saturated carbocycles. The Hall–Kier alpha value is -2.40. The van der Waals surface area contributed by atoms with Crippen LogP contribution in [0.25, 0.3) is 0 Å². The number of para-hydroxylation sites is 1. The molecule has 0 radical (unpaired) electrons. The second-order valence-electron chi connectivity index (χ2n) is 6.80. The van der Waals surface area contributed by atoms with Gasteiger partial charge < -0.3 is 24.4 Å². The standard InChI is InChI=1S/C19H22N4O5S/c24-16(23-8-6-19(7-9-23)27-10-11-28-19)13-26-12-15-21-22-18(29-15)17(25)20-14-4-2-1-3-5-14/h1-5H,6-13H2,(H,20,25). The van der Waals surface area contributed by atoms with E-state index in [9.17, 15) is 9.59 Å². The minimum absolute atomic E-state index is 0.0418. The number of carbonyl (C=O) groups excluding carboxylic acids is 2. The number of hydrogen-bond donors (Lipinski definition) is 1. The number of rotatable bonds is 6. The largest absolute Gasteiger partial charge is 0.364 e. The quantitative estimate of drug-likeness (QED) is 0.761. The topological polar surface area (TPSA) is 103 Å². The van der Waals surface area contributed by atoms with Crippen molar-refractivity contribution in [3.8, 4) is 0 Å². The van der Waals surface area contributed by atoms with Crippen LogP contribution in [0, 0.1) is 0 Å². The van der Waals surface area contributed by atoms with Crippen molar-refractivity contribution in [3.63, 3.8) is 0 Å². The molecule has 0 atom stereocenters. The Balaban J connectivity index is 1.20. The number of hydrogen-bond acceptors (Lipinski definition) is 8. The normalized spacial score (nSPS) is 18.1. The van der Waals surface area contributed by atoms with Crippen molar-refractivity contribution in [2.75, 3.05) is 38.2 Å². The van der Waals surface area contributed by atoms with E-state index in [0.717, 1.165) is 11.3 Å². The van der Waals surface area contributed by atoms with Crippen LogP contribution in [0.15, 0.2) is 30.3 Å². The van der Waals surface area contributed by atoms with Crippen molar-refractivity contribution in [2.45, 2.75) is 25.2 Å². The first-order chi connectivity index (χ1) is 14.1. The molecule has 2 amide bonds. The van der Waals surface area contributed by atoms with Crippen molar-refractivity contribution in [1.29, 1.82) is 0 Å². The second kappa shape index (κ2) is 8.95. The third-order valence-corrected chi connectivity index (χ3v) is 5.73. The first-order valence-electron chi connectivity index (χ1n) is 9.46. The Morgan fingerprint density at radius 2 is 1.86 bits per heavy atom. The van der Waals surface area contributed by atoms with Crippen LogP contribution in [0.2, 0.25) is 0 Å². The molecule has 2 aliphatic rings. The van der Waals surface area contributed by atoms with Gasteiger partial charge in [-0.1, -0.05) is 29.5 Å². The van der Waals surface area contributed by atoms with E-state index in [1.807, 2.05) is 18.2 Å². The Labute approximate surface area is 172 Å². The number of ether oxygens (including phenoxy) is 3. The fourth-order valence-corrected chi connectivity index (χ4v) is 3.98. The molecule has 2 fully saturated rings. The van der Waals surface area contributed by atoms with Crippen LogP contribution in [0.5, 0.6) is 0 Å². The molecular formula is C19H22N4O5S. The second-order valence-corrected chi connectivity index (χ2v) is 7.86. The van der Waals surface area contributed by atoms with E-state index in [1.165, 1.54) is 0 Å². The van der Waals surface area contributed by atoms with Gasteiger partial charge in [0.15, 0.2) is 5.79 Å². The molecule has 1 aromatic carbocycles. The average Bonchev–Trinajstić information content (AvgIpc) is 3.39. The van der Waals surface area contributed by atoms with Gasteiger partial charge in [-0.25, -0.2) is 0 Å². The van der Waals surface area contributed by atoms with Gasteiger partial charge in [0.05, 0.1) is 13.2 Å². The lowest BCUT2D eigenvalue weighted by Gasteiger charge is -2.37. The lowest BCUT2D eigenvalue weighted by atomic mass is 10.0. The summed E-state index contributed by atoms with van der Waals surface area (Å²) in [4.78, 5) is 26.3. The Morgan fingerprint density at radius 1 is 1.14 bits per heavy atom. The minimum atomic E-state index is -0.499. The van der Waals surface area contributed by atoms with Gasteiger partial charge in [0, 0.05) is 31.6 Å². The maximum atomic E-state index is 12.3. The highest BCUT2D eigenvalue weighted by molar-refractivity contribution is 7.13. The van der Waals surface area contributed by atoms with Crippen molar-refractivity contribution in [3.05, 3.63) is 40.3 Å². The highest BCUT2D eigenvalue weighted by Gasteiger charge is 2.40. The molecular weight excluding hydrogens is 396 g/mol. The minimum Gasteiger partial charge on any atom is -0.364 e. The third kappa shape index (κ3) is 4.96. The van der Waals surface area contributed by atoms with E-state index in [1.54, 1.807) is 17.0 Å². The molecule has 3 heterocycles. The number of anilines is 1. The fourth-order valence-electron chi connectivity index (χ4n) is 3.31. The summed E-state index contributed by atoms with van der Waals surface area (Å²) in [6.45, 7) is 2.50. The molecule has 154 valence electrons. The summed E-state index contributed by atoms with van der Waals surface area (Å²) in [5.74, 6) is -0.903. The zero-order valence-electron chi connectivity index (χ0n) is 15.8. The summed E-state index contributed by atoms with van der Waals surface area (Å²) >= 11 is 1.14. The summed E-state index contributed by atoms with van der Waals surface area (Å²) in [6.07, 6.45) is 1.35. The van der Waals surface area contributed by atoms with Crippen LogP contribution < -0.4 is 5.32 Å². The molecule has 1 spiro atoms. The van der Waals surface area contributed by atoms with Gasteiger partial charge in [0.1, 0.15) is 18.2 Å². The Morgan fingerprint density at radius 3 is 2.59 bits per heavy atom. The first kappa shape index (κ1) is 19.9. The first-order valence-corrected chi connectivity index (χ1v) is 10.3. The van der Waals surface area contributed by atoms with Gasteiger partial charge in [-0.3, -0.25) is 9.59 Å². The lowest BCUT2D eigenvalue weighted by molar-refractivity contribution is -0.188. The molecule has 2 saturated heterocycles. The molecule has 0 aliphatic carbocycles. The molecule has 4 rings (SSSR count). The van der Waals surface area contributed by atoms with Crippen molar-refractivity contribution < 1.29 is 23.8 Å². The number of piperidine rings is 1. The third-order valence-electron chi connectivity index (χ3n) is 4.84. The van der Waals surface area contributed by atoms with Crippen LogP contribution in [0.1, 0.15) is 27.7 Å². The van der Waals surface area contributed by atoms with E-state index in [0.29, 0.717) is 49.8 Å². The molecule has 29 heavy (non-hydrogen) atoms. The number of nitrogens with one attached hydrogen (secondary N) is 1. The summed E-state index contributed by atoms with van der Waals surface area (Å²) in [6, 6.07) is 9.13. The molecule has 10 heteroatoms. The van der Waals surface area contributed by atoms with Crippen LogP contribution >= 0.6 is 11.3 Å². The summed E-state index contributed by atoms with van der Waals surface area (Å²) in [5, 5.41) is 11.4. The smallest absolute Gasteiger partial charge is 0.286 e. The van der Waals surface area contributed by atoms with Crippen molar-refractivity contribution in [2.24, 2.45) is 0 Å². The van der Waals surface area contributed by atoms with Gasteiger partial charge >= 0.3 is 0 Å². The number of amides is 2. The number of carbonyl (C=O) groups is 2. The van der Waals surface area contributed by atoms with Gasteiger partial charge in [-0.2, -0.15) is 0 Å². The van der Waals surface area contributed by atoms with E-state index >= 15 is 0 Å². The van der Waals surface area contributed by atoms with Crippen LogP contribution in [0.4, 0.5) is 5.69 Å². The highest BCUT2D eigenvalue weighted by Crippen LogP contribution is 2.31. The zero-order chi connectivity index (χ0) is 20.1. The molecule has 0 unspecified atom stereocenters. The number of likely N-dealkylation sites (tertiary alicyclic amines) is 1. The zero-order valence-corrected chi connectivity index (χ0v) is 16.7. The van der Waals surface area contributed by atoms with E-state index in [2.05, 4.69) is 15.5 Å². The van der Waals surface area contributed by atoms with Gasteiger partial charge in [0.2, 0.25) is 10.9 Å². The highest BCUT2D eigenvalue weighted by atomic mass is 32.1. The molecule has 1 N–H and O–H groups in total. The van der Waals surface area contributed by atoms with Crippen molar-refractivity contribution in [1.82, 2.24) is 15.1 Å². The molecule has 0 bridgehead atoms. The monoisotopic (exact) mass is 418 g/mol. The van der Waals surface area contributed by atoms with Gasteiger partial charge in [-0.15, -0.1) is 10.2 Å². The van der Waals surface area contributed by atoms with Gasteiger partial charge in [-0.05, 0) is 12.1 Å². The summed E-state index contributed by atoms with van der Waals surface area (Å²) in [7, 11) is 0. The molecule has 2 aromatic rings. The lowest BCUT2D eigenvalue weighted by Crippen LogP contribution is -2.48. The van der Waals surface area contributed by atoms with Crippen molar-refractivity contribution >= 4 is 28.8 Å². The molecule has 9 nitrogen and oxygen atoms in total. The summed E-state index contributed by atoms with van der Waals surface area (Å²) < 4.78 is 16.8.